The van der Waals surface area contributed by atoms with Gasteiger partial charge in [-0.05, 0) is 50.5 Å². The number of nitrogens with two attached hydrogens (primary N) is 1. The number of hydrogen-bond donors (Lipinski definition) is 1. The summed E-state index contributed by atoms with van der Waals surface area (Å²) >= 11 is 0. The van der Waals surface area contributed by atoms with Crippen LogP contribution in [0.5, 0.6) is 0 Å². The molecule has 1 atom stereocenters. The van der Waals surface area contributed by atoms with E-state index in [0.717, 1.165) is 24.0 Å². The molecule has 0 aliphatic rings. The van der Waals surface area contributed by atoms with Gasteiger partial charge in [0.25, 0.3) is 0 Å². The Hall–Kier alpha value is -1.07. The first kappa shape index (κ1) is 16.0. The summed E-state index contributed by atoms with van der Waals surface area (Å²) < 4.78 is 26.6. The molecule has 0 amide bonds. The van der Waals surface area contributed by atoms with Crippen molar-refractivity contribution in [3.05, 3.63) is 23.3 Å². The van der Waals surface area contributed by atoms with Crippen LogP contribution in [0.25, 0.3) is 0 Å². The highest BCUT2D eigenvalue weighted by atomic mass is 32.2. The predicted molar refractivity (Wildman–Crippen MR) is 79.6 cm³/mol. The maximum Gasteiger partial charge on any atom is 0.245 e. The van der Waals surface area contributed by atoms with Gasteiger partial charge in [0.15, 0.2) is 0 Å². The number of aryl methyl sites for hydroxylation is 2. The van der Waals surface area contributed by atoms with Crippen LogP contribution in [0, 0.1) is 13.8 Å². The first-order chi connectivity index (χ1) is 8.71. The van der Waals surface area contributed by atoms with Gasteiger partial charge in [-0.15, -0.1) is 0 Å². The molecule has 0 aliphatic carbocycles. The number of nitrogens with zero attached hydrogens (tertiary/aromatic N) is 1. The minimum atomic E-state index is -3.52. The number of rotatable bonds is 5. The van der Waals surface area contributed by atoms with Crippen LogP contribution in [0.2, 0.25) is 0 Å². The summed E-state index contributed by atoms with van der Waals surface area (Å²) in [5.41, 5.74) is 8.14. The minimum absolute atomic E-state index is 0.0315. The van der Waals surface area contributed by atoms with Crippen LogP contribution in [-0.4, -0.2) is 25.8 Å². The fraction of sp³-hybridized carbons (Fsp3) is 0.571. The molecular weight excluding hydrogens is 260 g/mol. The second-order valence-corrected chi connectivity index (χ2v) is 7.10. The van der Waals surface area contributed by atoms with E-state index in [0.29, 0.717) is 5.69 Å². The molecule has 0 bridgehead atoms. The standard InChI is InChI=1S/C14H24N2O2S/c1-6-7-12(4)16(5)19(17,18)14-9-11(3)10(2)8-13(14)15/h8-9,12H,6-7,15H2,1-5H3. The van der Waals surface area contributed by atoms with Gasteiger partial charge >= 0.3 is 0 Å². The molecule has 1 rings (SSSR count). The third-order valence-electron chi connectivity index (χ3n) is 3.61. The second-order valence-electron chi connectivity index (χ2n) is 5.13. The molecule has 19 heavy (non-hydrogen) atoms. The molecule has 4 nitrogen and oxygen atoms in total. The smallest absolute Gasteiger partial charge is 0.245 e. The van der Waals surface area contributed by atoms with Crippen LogP contribution in [0.15, 0.2) is 17.0 Å². The Bertz CT molecular complexity index is 553. The Kier molecular flexibility index (Phi) is 4.98. The van der Waals surface area contributed by atoms with Crippen LogP contribution in [0.1, 0.15) is 37.8 Å². The lowest BCUT2D eigenvalue weighted by Gasteiger charge is -2.25. The van der Waals surface area contributed by atoms with E-state index in [-0.39, 0.29) is 10.9 Å². The molecule has 0 spiro atoms. The van der Waals surface area contributed by atoms with E-state index in [4.69, 9.17) is 5.73 Å². The van der Waals surface area contributed by atoms with Gasteiger partial charge in [-0.1, -0.05) is 13.3 Å². The zero-order valence-corrected chi connectivity index (χ0v) is 13.2. The van der Waals surface area contributed by atoms with Gasteiger partial charge < -0.3 is 5.73 Å². The van der Waals surface area contributed by atoms with Crippen molar-refractivity contribution in [2.45, 2.75) is 51.5 Å². The number of sulfonamides is 1. The molecule has 0 aliphatic heterocycles. The zero-order chi connectivity index (χ0) is 14.8. The van der Waals surface area contributed by atoms with Gasteiger partial charge in [0.2, 0.25) is 10.0 Å². The molecular formula is C14H24N2O2S. The van der Waals surface area contributed by atoms with Crippen LogP contribution in [0.3, 0.4) is 0 Å². The first-order valence-electron chi connectivity index (χ1n) is 6.56. The van der Waals surface area contributed by atoms with Gasteiger partial charge in [0.1, 0.15) is 4.90 Å². The number of nitrogen functional groups attached to an aromatic ring is 1. The van der Waals surface area contributed by atoms with Gasteiger partial charge in [0.05, 0.1) is 5.69 Å². The molecule has 0 heterocycles. The zero-order valence-electron chi connectivity index (χ0n) is 12.4. The summed E-state index contributed by atoms with van der Waals surface area (Å²) in [7, 11) is -1.91. The quantitative estimate of drug-likeness (QED) is 0.846. The van der Waals surface area contributed by atoms with E-state index in [1.807, 2.05) is 27.7 Å². The normalized spacial score (nSPS) is 13.8. The maximum absolute atomic E-state index is 12.6. The van der Waals surface area contributed by atoms with Crippen molar-refractivity contribution >= 4 is 15.7 Å². The largest absolute Gasteiger partial charge is 0.398 e. The van der Waals surface area contributed by atoms with E-state index >= 15 is 0 Å². The second kappa shape index (κ2) is 5.92. The van der Waals surface area contributed by atoms with Crippen molar-refractivity contribution in [3.63, 3.8) is 0 Å². The monoisotopic (exact) mass is 284 g/mol. The Labute approximate surface area is 116 Å². The summed E-state index contributed by atoms with van der Waals surface area (Å²) in [6, 6.07) is 3.35. The van der Waals surface area contributed by atoms with Gasteiger partial charge in [0, 0.05) is 13.1 Å². The summed E-state index contributed by atoms with van der Waals surface area (Å²) in [4.78, 5) is 0.209. The molecule has 1 aromatic carbocycles. The molecule has 0 fully saturated rings. The van der Waals surface area contributed by atoms with E-state index < -0.39 is 10.0 Å². The van der Waals surface area contributed by atoms with Gasteiger partial charge in [-0.2, -0.15) is 4.31 Å². The van der Waals surface area contributed by atoms with Gasteiger partial charge in [-0.3, -0.25) is 0 Å². The molecule has 1 aromatic rings. The summed E-state index contributed by atoms with van der Waals surface area (Å²) in [6.45, 7) is 7.77. The van der Waals surface area contributed by atoms with Crippen molar-refractivity contribution in [2.75, 3.05) is 12.8 Å². The molecule has 0 saturated carbocycles. The van der Waals surface area contributed by atoms with Crippen LogP contribution < -0.4 is 5.73 Å². The third kappa shape index (κ3) is 3.28. The molecule has 5 heteroatoms. The van der Waals surface area contributed by atoms with Gasteiger partial charge in [-0.25, -0.2) is 8.42 Å². The molecule has 0 saturated heterocycles. The van der Waals surface area contributed by atoms with Crippen molar-refractivity contribution in [3.8, 4) is 0 Å². The number of hydrogen-bond acceptors (Lipinski definition) is 3. The molecule has 0 radical (unpaired) electrons. The molecule has 0 aromatic heterocycles. The minimum Gasteiger partial charge on any atom is -0.398 e. The molecule has 1 unspecified atom stereocenters. The van der Waals surface area contributed by atoms with Crippen molar-refractivity contribution in [2.24, 2.45) is 0 Å². The summed E-state index contributed by atoms with van der Waals surface area (Å²) in [6.07, 6.45) is 1.78. The van der Waals surface area contributed by atoms with E-state index in [9.17, 15) is 8.42 Å². The first-order valence-corrected chi connectivity index (χ1v) is 8.00. The highest BCUT2D eigenvalue weighted by molar-refractivity contribution is 7.89. The van der Waals surface area contributed by atoms with Crippen molar-refractivity contribution < 1.29 is 8.42 Å². The fourth-order valence-electron chi connectivity index (χ4n) is 2.03. The highest BCUT2D eigenvalue weighted by Gasteiger charge is 2.27. The highest BCUT2D eigenvalue weighted by Crippen LogP contribution is 2.26. The molecule has 2 N–H and O–H groups in total. The fourth-order valence-corrected chi connectivity index (χ4v) is 3.60. The van der Waals surface area contributed by atoms with Crippen LogP contribution >= 0.6 is 0 Å². The Morgan fingerprint density at radius 3 is 2.32 bits per heavy atom. The van der Waals surface area contributed by atoms with E-state index in [1.54, 1.807) is 19.2 Å². The predicted octanol–water partition coefficient (Wildman–Crippen LogP) is 2.69. The summed E-state index contributed by atoms with van der Waals surface area (Å²) in [5.74, 6) is 0. The van der Waals surface area contributed by atoms with Crippen molar-refractivity contribution in [1.29, 1.82) is 0 Å². The summed E-state index contributed by atoms with van der Waals surface area (Å²) in [5, 5.41) is 0. The lowest BCUT2D eigenvalue weighted by Crippen LogP contribution is -2.35. The Balaban J connectivity index is 3.24. The lowest BCUT2D eigenvalue weighted by atomic mass is 10.1. The van der Waals surface area contributed by atoms with Crippen molar-refractivity contribution in [1.82, 2.24) is 4.31 Å². The van der Waals surface area contributed by atoms with Crippen LogP contribution in [0.4, 0.5) is 5.69 Å². The number of benzene rings is 1. The molecule has 108 valence electrons. The third-order valence-corrected chi connectivity index (χ3v) is 5.64. The number of anilines is 1. The topological polar surface area (TPSA) is 63.4 Å². The SMILES string of the molecule is CCCC(C)N(C)S(=O)(=O)c1cc(C)c(C)cc1N. The van der Waals surface area contributed by atoms with E-state index in [1.165, 1.54) is 4.31 Å². The lowest BCUT2D eigenvalue weighted by molar-refractivity contribution is 0.369. The average molecular weight is 284 g/mol. The Morgan fingerprint density at radius 1 is 1.26 bits per heavy atom. The average Bonchev–Trinajstić information content (AvgIpc) is 2.32. The Morgan fingerprint density at radius 2 is 1.79 bits per heavy atom. The van der Waals surface area contributed by atoms with E-state index in [2.05, 4.69) is 0 Å². The maximum atomic E-state index is 12.6. The van der Waals surface area contributed by atoms with Crippen LogP contribution in [-0.2, 0) is 10.0 Å².